The Morgan fingerprint density at radius 1 is 1.03 bits per heavy atom. The number of amides is 2. The zero-order chi connectivity index (χ0) is 23.4. The summed E-state index contributed by atoms with van der Waals surface area (Å²) in [6.45, 7) is 4.67. The highest BCUT2D eigenvalue weighted by Crippen LogP contribution is 2.17. The van der Waals surface area contributed by atoms with E-state index >= 15 is 0 Å². The van der Waals surface area contributed by atoms with Crippen LogP contribution >= 0.6 is 0 Å². The van der Waals surface area contributed by atoms with Crippen LogP contribution in [-0.2, 0) is 16.1 Å². The fourth-order valence-corrected chi connectivity index (χ4v) is 4.05. The largest absolute Gasteiger partial charge is 0.465 e. The summed E-state index contributed by atoms with van der Waals surface area (Å²) < 4.78 is 4.69. The van der Waals surface area contributed by atoms with Crippen molar-refractivity contribution in [1.82, 2.24) is 20.1 Å². The molecule has 2 N–H and O–H groups in total. The molecule has 172 valence electrons. The predicted molar refractivity (Wildman–Crippen MR) is 125 cm³/mol. The van der Waals surface area contributed by atoms with Crippen LogP contribution in [0.2, 0.25) is 0 Å². The number of rotatable bonds is 6. The van der Waals surface area contributed by atoms with E-state index in [0.29, 0.717) is 44.0 Å². The van der Waals surface area contributed by atoms with Gasteiger partial charge in [0.15, 0.2) is 0 Å². The van der Waals surface area contributed by atoms with Crippen LogP contribution in [-0.4, -0.2) is 71.9 Å². The average molecular weight is 449 g/mol. The van der Waals surface area contributed by atoms with Gasteiger partial charge in [-0.2, -0.15) is 0 Å². The number of aromatic amines is 1. The van der Waals surface area contributed by atoms with Gasteiger partial charge in [0, 0.05) is 43.6 Å². The Labute approximate surface area is 192 Å². The van der Waals surface area contributed by atoms with Gasteiger partial charge in [-0.05, 0) is 36.8 Å². The monoisotopic (exact) mass is 448 g/mol. The summed E-state index contributed by atoms with van der Waals surface area (Å²) in [7, 11) is 1.34. The lowest BCUT2D eigenvalue weighted by Gasteiger charge is -2.37. The zero-order valence-corrected chi connectivity index (χ0v) is 18.8. The molecule has 1 atom stereocenters. The first-order valence-corrected chi connectivity index (χ1v) is 11.0. The Balaban J connectivity index is 1.26. The first kappa shape index (κ1) is 22.5. The van der Waals surface area contributed by atoms with Crippen molar-refractivity contribution in [3.8, 4) is 0 Å². The molecule has 1 unspecified atom stereocenters. The van der Waals surface area contributed by atoms with Crippen molar-refractivity contribution in [2.45, 2.75) is 19.5 Å². The summed E-state index contributed by atoms with van der Waals surface area (Å²) in [4.78, 5) is 44.2. The topological polar surface area (TPSA) is 94.7 Å². The van der Waals surface area contributed by atoms with Crippen LogP contribution in [0.15, 0.2) is 54.6 Å². The third kappa shape index (κ3) is 5.06. The van der Waals surface area contributed by atoms with Crippen molar-refractivity contribution >= 4 is 28.7 Å². The van der Waals surface area contributed by atoms with Gasteiger partial charge in [0.2, 0.25) is 5.91 Å². The minimum atomic E-state index is -0.388. The van der Waals surface area contributed by atoms with Crippen LogP contribution in [0.4, 0.5) is 0 Å². The molecule has 8 nitrogen and oxygen atoms in total. The maximum Gasteiger partial charge on any atom is 0.337 e. The summed E-state index contributed by atoms with van der Waals surface area (Å²) in [5.41, 5.74) is 2.91. The van der Waals surface area contributed by atoms with Crippen molar-refractivity contribution < 1.29 is 19.1 Å². The Morgan fingerprint density at radius 2 is 1.73 bits per heavy atom. The molecule has 1 aliphatic rings. The first-order chi connectivity index (χ1) is 16.0. The summed E-state index contributed by atoms with van der Waals surface area (Å²) in [5.74, 6) is -0.470. The Morgan fingerprint density at radius 3 is 2.39 bits per heavy atom. The van der Waals surface area contributed by atoms with Gasteiger partial charge in [-0.15, -0.1) is 0 Å². The molecular formula is C25H28N4O4. The molecule has 1 aromatic heterocycles. The van der Waals surface area contributed by atoms with Gasteiger partial charge in [-0.3, -0.25) is 14.5 Å². The van der Waals surface area contributed by atoms with E-state index in [1.807, 2.05) is 42.2 Å². The molecular weight excluding hydrogens is 420 g/mol. The number of nitrogens with zero attached hydrogens (tertiary/aromatic N) is 2. The van der Waals surface area contributed by atoms with E-state index in [1.165, 1.54) is 7.11 Å². The highest BCUT2D eigenvalue weighted by molar-refractivity contribution is 5.98. The Hall–Kier alpha value is -3.65. The van der Waals surface area contributed by atoms with Crippen molar-refractivity contribution in [1.29, 1.82) is 0 Å². The van der Waals surface area contributed by atoms with Gasteiger partial charge >= 0.3 is 5.97 Å². The van der Waals surface area contributed by atoms with Gasteiger partial charge < -0.3 is 19.9 Å². The van der Waals surface area contributed by atoms with Gasteiger partial charge in [-0.25, -0.2) is 4.79 Å². The molecule has 0 bridgehead atoms. The quantitative estimate of drug-likeness (QED) is 0.565. The van der Waals surface area contributed by atoms with Crippen LogP contribution in [0.1, 0.15) is 33.3 Å². The van der Waals surface area contributed by atoms with Crippen LogP contribution in [0, 0.1) is 0 Å². The fourth-order valence-electron chi connectivity index (χ4n) is 4.05. The van der Waals surface area contributed by atoms with E-state index < -0.39 is 0 Å². The number of carbonyl (C=O) groups is 3. The van der Waals surface area contributed by atoms with Crippen LogP contribution in [0.25, 0.3) is 10.9 Å². The zero-order valence-electron chi connectivity index (χ0n) is 18.8. The molecule has 8 heteroatoms. The van der Waals surface area contributed by atoms with Crippen molar-refractivity contribution in [2.24, 2.45) is 0 Å². The Bertz CT molecular complexity index is 1110. The SMILES string of the molecule is COC(=O)c1ccc(CNC(=O)C(C)N2CCN(C(=O)c3cc4ccccc4[nH]3)CC2)cc1. The molecule has 1 aliphatic heterocycles. The van der Waals surface area contributed by atoms with Gasteiger partial charge in [0.25, 0.3) is 5.91 Å². The number of nitrogens with one attached hydrogen (secondary N) is 2. The normalized spacial score (nSPS) is 15.3. The highest BCUT2D eigenvalue weighted by atomic mass is 16.5. The lowest BCUT2D eigenvalue weighted by Crippen LogP contribution is -2.54. The van der Waals surface area contributed by atoms with Crippen LogP contribution in [0.3, 0.4) is 0 Å². The molecule has 4 rings (SSSR count). The third-order valence-electron chi connectivity index (χ3n) is 6.13. The number of carbonyl (C=O) groups excluding carboxylic acids is 3. The minimum absolute atomic E-state index is 0.0154. The minimum Gasteiger partial charge on any atom is -0.465 e. The van der Waals surface area contributed by atoms with Gasteiger partial charge in [-0.1, -0.05) is 30.3 Å². The summed E-state index contributed by atoms with van der Waals surface area (Å²) in [5, 5.41) is 3.97. The van der Waals surface area contributed by atoms with E-state index in [4.69, 9.17) is 4.74 Å². The molecule has 2 amide bonds. The molecule has 1 fully saturated rings. The second kappa shape index (κ2) is 9.87. The van der Waals surface area contributed by atoms with Crippen molar-refractivity contribution in [3.05, 3.63) is 71.4 Å². The number of para-hydroxylation sites is 1. The number of fused-ring (bicyclic) bond motifs is 1. The molecule has 3 aromatic rings. The third-order valence-corrected chi connectivity index (χ3v) is 6.13. The number of esters is 1. The van der Waals surface area contributed by atoms with Gasteiger partial charge in [0.1, 0.15) is 5.69 Å². The second-order valence-corrected chi connectivity index (χ2v) is 8.18. The average Bonchev–Trinajstić information content (AvgIpc) is 3.30. The number of aromatic nitrogens is 1. The smallest absolute Gasteiger partial charge is 0.337 e. The summed E-state index contributed by atoms with van der Waals surface area (Å²) in [6.07, 6.45) is 0. The van der Waals surface area contributed by atoms with E-state index in [0.717, 1.165) is 16.5 Å². The standard InChI is InChI=1S/C25H28N4O4/c1-17(23(30)26-16-18-7-9-19(10-8-18)25(32)33-2)28-11-13-29(14-12-28)24(31)22-15-20-5-3-4-6-21(20)27-22/h3-10,15,17,27H,11-14,16H2,1-2H3,(H,26,30). The maximum absolute atomic E-state index is 12.9. The number of ether oxygens (including phenoxy) is 1. The number of piperazine rings is 1. The van der Waals surface area contributed by atoms with E-state index in [-0.39, 0.29) is 23.8 Å². The summed E-state index contributed by atoms with van der Waals surface area (Å²) >= 11 is 0. The fraction of sp³-hybridized carbons (Fsp3) is 0.320. The van der Waals surface area contributed by atoms with Gasteiger partial charge in [0.05, 0.1) is 18.7 Å². The number of hydrogen-bond donors (Lipinski definition) is 2. The van der Waals surface area contributed by atoms with E-state index in [1.54, 1.807) is 24.3 Å². The predicted octanol–water partition coefficient (Wildman–Crippen LogP) is 2.42. The summed E-state index contributed by atoms with van der Waals surface area (Å²) in [6, 6.07) is 16.4. The van der Waals surface area contributed by atoms with E-state index in [2.05, 4.69) is 15.2 Å². The number of hydrogen-bond acceptors (Lipinski definition) is 5. The molecule has 2 aromatic carbocycles. The molecule has 33 heavy (non-hydrogen) atoms. The van der Waals surface area contributed by atoms with Crippen LogP contribution < -0.4 is 5.32 Å². The molecule has 0 aliphatic carbocycles. The molecule has 2 heterocycles. The number of H-pyrrole nitrogens is 1. The number of benzene rings is 2. The maximum atomic E-state index is 12.9. The lowest BCUT2D eigenvalue weighted by molar-refractivity contribution is -0.126. The molecule has 0 spiro atoms. The first-order valence-electron chi connectivity index (χ1n) is 11.0. The Kier molecular flexibility index (Phi) is 6.74. The van der Waals surface area contributed by atoms with Crippen LogP contribution in [0.5, 0.6) is 0 Å². The van der Waals surface area contributed by atoms with Crippen molar-refractivity contribution in [2.75, 3.05) is 33.3 Å². The highest BCUT2D eigenvalue weighted by Gasteiger charge is 2.28. The number of methoxy groups -OCH3 is 1. The molecule has 1 saturated heterocycles. The second-order valence-electron chi connectivity index (χ2n) is 8.18. The molecule has 0 radical (unpaired) electrons. The van der Waals surface area contributed by atoms with E-state index in [9.17, 15) is 14.4 Å². The molecule has 0 saturated carbocycles. The van der Waals surface area contributed by atoms with Crippen molar-refractivity contribution in [3.63, 3.8) is 0 Å². The lowest BCUT2D eigenvalue weighted by atomic mass is 10.1.